The summed E-state index contributed by atoms with van der Waals surface area (Å²) >= 11 is 0. The Morgan fingerprint density at radius 3 is 2.86 bits per heavy atom. The van der Waals surface area contributed by atoms with E-state index in [2.05, 4.69) is 50.9 Å². The highest BCUT2D eigenvalue weighted by atomic mass is 127. The van der Waals surface area contributed by atoms with Crippen LogP contribution in [0.15, 0.2) is 27.7 Å². The van der Waals surface area contributed by atoms with Gasteiger partial charge in [-0.2, -0.15) is 4.98 Å². The van der Waals surface area contributed by atoms with Crippen LogP contribution in [0.4, 0.5) is 0 Å². The van der Waals surface area contributed by atoms with Crippen molar-refractivity contribution in [3.8, 4) is 5.75 Å². The number of aryl methyl sites for hydroxylation is 2. The Bertz CT molecular complexity index is 790. The number of aliphatic imine (C=N–C) groups is 1. The van der Waals surface area contributed by atoms with Crippen LogP contribution in [-0.4, -0.2) is 42.5 Å². The molecule has 1 aromatic heterocycles. The average molecular weight is 515 g/mol. The van der Waals surface area contributed by atoms with Crippen LogP contribution in [0.1, 0.15) is 36.2 Å². The van der Waals surface area contributed by atoms with E-state index < -0.39 is 0 Å². The Morgan fingerprint density at radius 1 is 1.31 bits per heavy atom. The van der Waals surface area contributed by atoms with Crippen molar-refractivity contribution in [2.75, 3.05) is 26.4 Å². The topological polar surface area (TPSA) is 93.8 Å². The van der Waals surface area contributed by atoms with Gasteiger partial charge in [0.1, 0.15) is 5.75 Å². The summed E-state index contributed by atoms with van der Waals surface area (Å²) in [5.41, 5.74) is 2.22. The second-order valence-electron chi connectivity index (χ2n) is 6.93. The van der Waals surface area contributed by atoms with Gasteiger partial charge in [0.2, 0.25) is 5.89 Å². The zero-order valence-corrected chi connectivity index (χ0v) is 19.6. The molecule has 1 atom stereocenters. The van der Waals surface area contributed by atoms with E-state index in [9.17, 15) is 0 Å². The number of guanidine groups is 1. The molecule has 1 fully saturated rings. The van der Waals surface area contributed by atoms with Crippen LogP contribution in [0.3, 0.4) is 0 Å². The molecule has 160 valence electrons. The van der Waals surface area contributed by atoms with E-state index in [1.807, 2.05) is 6.92 Å². The number of ether oxygens (including phenoxy) is 2. The van der Waals surface area contributed by atoms with Gasteiger partial charge in [0.25, 0.3) is 0 Å². The average Bonchev–Trinajstić information content (AvgIpc) is 3.35. The van der Waals surface area contributed by atoms with Gasteiger partial charge in [-0.1, -0.05) is 17.3 Å². The number of rotatable bonds is 8. The minimum atomic E-state index is 0. The molecule has 0 aliphatic carbocycles. The number of hydrogen-bond donors (Lipinski definition) is 2. The molecule has 9 heteroatoms. The fourth-order valence-corrected chi connectivity index (χ4v) is 2.93. The molecular weight excluding hydrogens is 485 g/mol. The summed E-state index contributed by atoms with van der Waals surface area (Å²) < 4.78 is 16.5. The Labute approximate surface area is 188 Å². The molecule has 2 heterocycles. The van der Waals surface area contributed by atoms with Crippen molar-refractivity contribution >= 4 is 29.9 Å². The van der Waals surface area contributed by atoms with E-state index in [0.29, 0.717) is 43.3 Å². The van der Waals surface area contributed by atoms with Crippen molar-refractivity contribution in [3.63, 3.8) is 0 Å². The fourth-order valence-electron chi connectivity index (χ4n) is 2.93. The molecule has 8 nitrogen and oxygen atoms in total. The fraction of sp³-hybridized carbons (Fsp3) is 0.550. The number of aromatic nitrogens is 2. The van der Waals surface area contributed by atoms with Crippen LogP contribution in [0.2, 0.25) is 0 Å². The molecular formula is C20H30IN5O3. The second-order valence-corrected chi connectivity index (χ2v) is 6.93. The Balaban J connectivity index is 0.00000300. The maximum Gasteiger partial charge on any atom is 0.223 e. The van der Waals surface area contributed by atoms with Gasteiger partial charge in [-0.05, 0) is 31.9 Å². The summed E-state index contributed by atoms with van der Waals surface area (Å²) in [5.74, 6) is 3.20. The highest BCUT2D eigenvalue weighted by Crippen LogP contribution is 2.23. The van der Waals surface area contributed by atoms with Gasteiger partial charge in [-0.25, -0.2) is 4.99 Å². The summed E-state index contributed by atoms with van der Waals surface area (Å²) in [7, 11) is 0. The van der Waals surface area contributed by atoms with E-state index in [1.54, 1.807) is 6.92 Å². The van der Waals surface area contributed by atoms with Crippen LogP contribution in [0, 0.1) is 19.8 Å². The summed E-state index contributed by atoms with van der Waals surface area (Å²) in [4.78, 5) is 8.87. The lowest BCUT2D eigenvalue weighted by atomic mass is 10.1. The van der Waals surface area contributed by atoms with Crippen LogP contribution in [0.25, 0.3) is 0 Å². The van der Waals surface area contributed by atoms with Gasteiger partial charge >= 0.3 is 0 Å². The molecule has 2 aromatic rings. The number of halogens is 1. The van der Waals surface area contributed by atoms with Gasteiger partial charge in [0.05, 0.1) is 26.3 Å². The molecule has 1 aromatic carbocycles. The molecule has 1 unspecified atom stereocenters. The van der Waals surface area contributed by atoms with Gasteiger partial charge in [0, 0.05) is 31.6 Å². The van der Waals surface area contributed by atoms with Gasteiger partial charge < -0.3 is 24.6 Å². The van der Waals surface area contributed by atoms with Crippen LogP contribution in [0.5, 0.6) is 5.75 Å². The van der Waals surface area contributed by atoms with Gasteiger partial charge in [-0.3, -0.25) is 0 Å². The third-order valence-corrected chi connectivity index (χ3v) is 4.46. The molecule has 1 aliphatic heterocycles. The monoisotopic (exact) mass is 515 g/mol. The highest BCUT2D eigenvalue weighted by molar-refractivity contribution is 14.0. The Kier molecular flexibility index (Phi) is 9.65. The summed E-state index contributed by atoms with van der Waals surface area (Å²) in [6.45, 7) is 9.87. The maximum absolute atomic E-state index is 6.10. The quantitative estimate of drug-likeness (QED) is 0.317. The SMILES string of the molecule is CCNC(=NCc1ccc(C)cc1OCC1CCOC1)NCc1noc(C)n1.I. The van der Waals surface area contributed by atoms with Crippen LogP contribution >= 0.6 is 24.0 Å². The normalized spacial score (nSPS) is 16.4. The molecule has 0 saturated carbocycles. The van der Waals surface area contributed by atoms with Crippen molar-refractivity contribution in [1.29, 1.82) is 0 Å². The minimum Gasteiger partial charge on any atom is -0.493 e. The lowest BCUT2D eigenvalue weighted by Crippen LogP contribution is -2.37. The highest BCUT2D eigenvalue weighted by Gasteiger charge is 2.17. The van der Waals surface area contributed by atoms with Crippen molar-refractivity contribution in [1.82, 2.24) is 20.8 Å². The first-order chi connectivity index (χ1) is 13.6. The predicted octanol–water partition coefficient (Wildman–Crippen LogP) is 2.98. The summed E-state index contributed by atoms with van der Waals surface area (Å²) in [5, 5.41) is 10.3. The first-order valence-corrected chi connectivity index (χ1v) is 9.75. The Hall–Kier alpha value is -1.88. The molecule has 0 radical (unpaired) electrons. The molecule has 29 heavy (non-hydrogen) atoms. The summed E-state index contributed by atoms with van der Waals surface area (Å²) in [6, 6.07) is 6.23. The van der Waals surface area contributed by atoms with Crippen molar-refractivity contribution in [3.05, 3.63) is 41.0 Å². The lowest BCUT2D eigenvalue weighted by Gasteiger charge is -2.15. The zero-order valence-electron chi connectivity index (χ0n) is 17.2. The van der Waals surface area contributed by atoms with Gasteiger partial charge in [-0.15, -0.1) is 24.0 Å². The third-order valence-electron chi connectivity index (χ3n) is 4.46. The first-order valence-electron chi connectivity index (χ1n) is 9.75. The molecule has 1 saturated heterocycles. The van der Waals surface area contributed by atoms with E-state index >= 15 is 0 Å². The molecule has 3 rings (SSSR count). The molecule has 1 aliphatic rings. The lowest BCUT2D eigenvalue weighted by molar-refractivity contribution is 0.166. The number of nitrogens with one attached hydrogen (secondary N) is 2. The van der Waals surface area contributed by atoms with Gasteiger partial charge in [0.15, 0.2) is 11.8 Å². The van der Waals surface area contributed by atoms with Crippen molar-refractivity contribution in [2.24, 2.45) is 10.9 Å². The van der Waals surface area contributed by atoms with Crippen molar-refractivity contribution < 1.29 is 14.0 Å². The maximum atomic E-state index is 6.10. The predicted molar refractivity (Wildman–Crippen MR) is 122 cm³/mol. The number of nitrogens with zero attached hydrogens (tertiary/aromatic N) is 3. The largest absolute Gasteiger partial charge is 0.493 e. The summed E-state index contributed by atoms with van der Waals surface area (Å²) in [6.07, 6.45) is 1.06. The molecule has 2 N–H and O–H groups in total. The van der Waals surface area contributed by atoms with E-state index in [1.165, 1.54) is 5.56 Å². The number of hydrogen-bond acceptors (Lipinski definition) is 6. The standard InChI is InChI=1S/C20H29N5O3.HI/c1-4-21-20(23-11-19-24-15(3)28-25-19)22-10-17-6-5-14(2)9-18(17)27-13-16-7-8-26-12-16;/h5-6,9,16H,4,7-8,10-13H2,1-3H3,(H2,21,22,23);1H. The molecule has 0 spiro atoms. The zero-order chi connectivity index (χ0) is 19.8. The van der Waals surface area contributed by atoms with E-state index in [-0.39, 0.29) is 24.0 Å². The van der Waals surface area contributed by atoms with Crippen molar-refractivity contribution in [2.45, 2.75) is 40.3 Å². The third kappa shape index (κ3) is 7.46. The second kappa shape index (κ2) is 12.0. The smallest absolute Gasteiger partial charge is 0.223 e. The molecule has 0 bridgehead atoms. The first kappa shape index (κ1) is 23.4. The van der Waals surface area contributed by atoms with E-state index in [0.717, 1.165) is 37.5 Å². The number of benzene rings is 1. The molecule has 0 amide bonds. The van der Waals surface area contributed by atoms with E-state index in [4.69, 9.17) is 14.0 Å². The van der Waals surface area contributed by atoms with Crippen LogP contribution < -0.4 is 15.4 Å². The van der Waals surface area contributed by atoms with Crippen LogP contribution in [-0.2, 0) is 17.8 Å². The minimum absolute atomic E-state index is 0. The Morgan fingerprint density at radius 2 is 2.17 bits per heavy atom.